The molecular weight excluding hydrogens is 338 g/mol. The molecule has 6 heteroatoms. The summed E-state index contributed by atoms with van der Waals surface area (Å²) < 4.78 is 0. The van der Waals surface area contributed by atoms with E-state index in [2.05, 4.69) is 15.3 Å². The number of hydrogen-bond donors (Lipinski definition) is 2. The van der Waals surface area contributed by atoms with E-state index < -0.39 is 0 Å². The van der Waals surface area contributed by atoms with Gasteiger partial charge in [-0.25, -0.2) is 9.97 Å². The number of carbonyl (C=O) groups is 1. The molecule has 1 aromatic heterocycles. The maximum absolute atomic E-state index is 13.0. The Bertz CT molecular complexity index is 798. The van der Waals surface area contributed by atoms with E-state index in [1.54, 1.807) is 6.07 Å². The Labute approximate surface area is 160 Å². The van der Waals surface area contributed by atoms with Gasteiger partial charge < -0.3 is 16.0 Å². The molecule has 27 heavy (non-hydrogen) atoms. The molecular formula is C21H27N5O. The second-order valence-corrected chi connectivity index (χ2v) is 7.80. The van der Waals surface area contributed by atoms with Crippen LogP contribution in [0.3, 0.4) is 0 Å². The Kier molecular flexibility index (Phi) is 5.07. The van der Waals surface area contributed by atoms with Crippen LogP contribution in [0.4, 0.5) is 5.82 Å². The molecule has 142 valence electrons. The average molecular weight is 365 g/mol. The number of benzene rings is 1. The third kappa shape index (κ3) is 3.95. The molecule has 3 N–H and O–H groups in total. The molecule has 0 saturated carbocycles. The fourth-order valence-corrected chi connectivity index (χ4v) is 4.41. The zero-order valence-electron chi connectivity index (χ0n) is 15.7. The zero-order chi connectivity index (χ0) is 18.7. The number of aromatic nitrogens is 2. The quantitative estimate of drug-likeness (QED) is 0.855. The summed E-state index contributed by atoms with van der Waals surface area (Å²) in [7, 11) is 0. The number of nitrogens with zero attached hydrogens (tertiary/aromatic N) is 3. The molecule has 0 atom stereocenters. The smallest absolute Gasteiger partial charge is 0.253 e. The average Bonchev–Trinajstić information content (AvgIpc) is 2.91. The number of rotatable bonds is 2. The molecule has 2 saturated heterocycles. The van der Waals surface area contributed by atoms with E-state index in [-0.39, 0.29) is 5.91 Å². The van der Waals surface area contributed by atoms with Crippen LogP contribution in [0.25, 0.3) is 11.3 Å². The summed E-state index contributed by atoms with van der Waals surface area (Å²) in [5.41, 5.74) is 8.61. The topological polar surface area (TPSA) is 84.1 Å². The molecule has 6 nitrogen and oxygen atoms in total. The molecule has 0 bridgehead atoms. The normalized spacial score (nSPS) is 19.6. The molecule has 1 aromatic carbocycles. The van der Waals surface area contributed by atoms with E-state index in [4.69, 9.17) is 5.73 Å². The molecule has 0 radical (unpaired) electrons. The van der Waals surface area contributed by atoms with Crippen LogP contribution in [-0.4, -0.2) is 47.0 Å². The van der Waals surface area contributed by atoms with E-state index in [0.29, 0.717) is 11.2 Å². The second-order valence-electron chi connectivity index (χ2n) is 7.80. The Morgan fingerprint density at radius 3 is 2.56 bits per heavy atom. The third-order valence-corrected chi connectivity index (χ3v) is 6.11. The highest BCUT2D eigenvalue weighted by atomic mass is 16.2. The monoisotopic (exact) mass is 365 g/mol. The number of anilines is 1. The van der Waals surface area contributed by atoms with Crippen LogP contribution in [0, 0.1) is 5.41 Å². The molecule has 2 aliphatic rings. The van der Waals surface area contributed by atoms with E-state index in [9.17, 15) is 4.79 Å². The first-order valence-electron chi connectivity index (χ1n) is 9.83. The van der Waals surface area contributed by atoms with Crippen LogP contribution in [0.15, 0.2) is 36.7 Å². The minimum absolute atomic E-state index is 0.134. The van der Waals surface area contributed by atoms with Crippen LogP contribution < -0.4 is 11.1 Å². The van der Waals surface area contributed by atoms with Crippen molar-refractivity contribution in [2.24, 2.45) is 5.41 Å². The number of piperidine rings is 1. The van der Waals surface area contributed by atoms with Gasteiger partial charge in [0, 0.05) is 30.3 Å². The summed E-state index contributed by atoms with van der Waals surface area (Å²) in [4.78, 5) is 23.2. The number of nitrogen functional groups attached to an aromatic ring is 1. The summed E-state index contributed by atoms with van der Waals surface area (Å²) in [5, 5.41) is 3.46. The molecule has 2 aliphatic heterocycles. The van der Waals surface area contributed by atoms with Gasteiger partial charge in [0.25, 0.3) is 5.91 Å². The Hall–Kier alpha value is -2.47. The predicted molar refractivity (Wildman–Crippen MR) is 106 cm³/mol. The van der Waals surface area contributed by atoms with E-state index >= 15 is 0 Å². The lowest BCUT2D eigenvalue weighted by atomic mass is 9.73. The molecule has 1 spiro atoms. The van der Waals surface area contributed by atoms with E-state index in [1.165, 1.54) is 25.6 Å². The van der Waals surface area contributed by atoms with Crippen molar-refractivity contribution in [1.29, 1.82) is 0 Å². The van der Waals surface area contributed by atoms with Crippen LogP contribution in [0.1, 0.15) is 42.5 Å². The van der Waals surface area contributed by atoms with Crippen molar-refractivity contribution in [2.75, 3.05) is 31.9 Å². The molecule has 0 aliphatic carbocycles. The lowest BCUT2D eigenvalue weighted by molar-refractivity contribution is 0.0750. The summed E-state index contributed by atoms with van der Waals surface area (Å²) in [6, 6.07) is 9.38. The highest BCUT2D eigenvalue weighted by Crippen LogP contribution is 2.39. The minimum Gasteiger partial charge on any atom is -0.384 e. The molecule has 1 amide bonds. The number of likely N-dealkylation sites (tertiary alicyclic amines) is 1. The summed E-state index contributed by atoms with van der Waals surface area (Å²) in [5.74, 6) is 0.575. The minimum atomic E-state index is 0.134. The van der Waals surface area contributed by atoms with E-state index in [0.717, 1.165) is 55.8 Å². The fraction of sp³-hybridized carbons (Fsp3) is 0.476. The van der Waals surface area contributed by atoms with Crippen molar-refractivity contribution in [3.05, 3.63) is 42.2 Å². The first kappa shape index (κ1) is 17.9. The van der Waals surface area contributed by atoms with Gasteiger partial charge in [-0.05, 0) is 62.7 Å². The second kappa shape index (κ2) is 7.64. The van der Waals surface area contributed by atoms with Gasteiger partial charge in [-0.15, -0.1) is 0 Å². The highest BCUT2D eigenvalue weighted by Gasteiger charge is 2.34. The van der Waals surface area contributed by atoms with Crippen molar-refractivity contribution in [3.63, 3.8) is 0 Å². The first-order chi connectivity index (χ1) is 13.2. The van der Waals surface area contributed by atoms with Crippen molar-refractivity contribution in [1.82, 2.24) is 20.2 Å². The largest absolute Gasteiger partial charge is 0.384 e. The van der Waals surface area contributed by atoms with Gasteiger partial charge in [0.05, 0.1) is 5.69 Å². The Balaban J connectivity index is 1.45. The summed E-state index contributed by atoms with van der Waals surface area (Å²) >= 11 is 0. The van der Waals surface area contributed by atoms with E-state index in [1.807, 2.05) is 29.2 Å². The zero-order valence-corrected chi connectivity index (χ0v) is 15.7. The van der Waals surface area contributed by atoms with Crippen molar-refractivity contribution in [3.8, 4) is 11.3 Å². The standard InChI is InChI=1S/C21H27N5O/c22-19-14-18(24-15-25-19)16-2-4-17(5-3-16)20(27)26-12-1-6-21(9-13-26)7-10-23-11-8-21/h2-5,14-15,23H,1,6-13H2,(H2,22,24,25). The number of nitrogens with two attached hydrogens (primary N) is 1. The Morgan fingerprint density at radius 2 is 1.81 bits per heavy atom. The van der Waals surface area contributed by atoms with Gasteiger partial charge in [0.2, 0.25) is 0 Å². The van der Waals surface area contributed by atoms with Crippen molar-refractivity contribution >= 4 is 11.7 Å². The number of carbonyl (C=O) groups excluding carboxylic acids is 1. The van der Waals surface area contributed by atoms with Crippen LogP contribution >= 0.6 is 0 Å². The van der Waals surface area contributed by atoms with Gasteiger partial charge >= 0.3 is 0 Å². The number of amides is 1. The maximum Gasteiger partial charge on any atom is 0.253 e. The molecule has 2 aromatic rings. The lowest BCUT2D eigenvalue weighted by Crippen LogP contribution is -2.38. The van der Waals surface area contributed by atoms with Crippen LogP contribution in [-0.2, 0) is 0 Å². The highest BCUT2D eigenvalue weighted by molar-refractivity contribution is 5.94. The third-order valence-electron chi connectivity index (χ3n) is 6.11. The predicted octanol–water partition coefficient (Wildman–Crippen LogP) is 2.72. The Morgan fingerprint density at radius 1 is 1.04 bits per heavy atom. The molecule has 2 fully saturated rings. The molecule has 4 rings (SSSR count). The SMILES string of the molecule is Nc1cc(-c2ccc(C(=O)N3CCCC4(CCNCC4)CC3)cc2)ncn1. The number of hydrogen-bond acceptors (Lipinski definition) is 5. The van der Waals surface area contributed by atoms with Gasteiger partial charge in [-0.3, -0.25) is 4.79 Å². The maximum atomic E-state index is 13.0. The van der Waals surface area contributed by atoms with Gasteiger partial charge in [-0.1, -0.05) is 12.1 Å². The van der Waals surface area contributed by atoms with Crippen molar-refractivity contribution in [2.45, 2.75) is 32.1 Å². The first-order valence-corrected chi connectivity index (χ1v) is 9.83. The van der Waals surface area contributed by atoms with Crippen LogP contribution in [0.5, 0.6) is 0 Å². The van der Waals surface area contributed by atoms with Gasteiger partial charge in [-0.2, -0.15) is 0 Å². The fourth-order valence-electron chi connectivity index (χ4n) is 4.41. The number of nitrogens with one attached hydrogen (secondary N) is 1. The lowest BCUT2D eigenvalue weighted by Gasteiger charge is -2.37. The van der Waals surface area contributed by atoms with Crippen LogP contribution in [0.2, 0.25) is 0 Å². The molecule has 0 unspecified atom stereocenters. The van der Waals surface area contributed by atoms with Gasteiger partial charge in [0.15, 0.2) is 0 Å². The molecule has 3 heterocycles. The summed E-state index contributed by atoms with van der Waals surface area (Å²) in [6.07, 6.45) is 7.41. The summed E-state index contributed by atoms with van der Waals surface area (Å²) in [6.45, 7) is 3.95. The van der Waals surface area contributed by atoms with Crippen molar-refractivity contribution < 1.29 is 4.79 Å². The van der Waals surface area contributed by atoms with Gasteiger partial charge in [0.1, 0.15) is 12.1 Å².